The van der Waals surface area contributed by atoms with Crippen molar-refractivity contribution in [2.45, 2.75) is 12.6 Å². The van der Waals surface area contributed by atoms with Gasteiger partial charge in [0, 0.05) is 0 Å². The highest BCUT2D eigenvalue weighted by Gasteiger charge is 2.29. The lowest BCUT2D eigenvalue weighted by atomic mass is 10.1. The summed E-state index contributed by atoms with van der Waals surface area (Å²) in [7, 11) is 1.41. The van der Waals surface area contributed by atoms with Crippen molar-refractivity contribution in [3.8, 4) is 6.01 Å². The van der Waals surface area contributed by atoms with E-state index in [9.17, 15) is 18.0 Å². The molecule has 0 aliphatic heterocycles. The minimum atomic E-state index is -4.39. The van der Waals surface area contributed by atoms with Crippen molar-refractivity contribution < 1.29 is 22.7 Å². The Kier molecular flexibility index (Phi) is 4.59. The molecule has 0 saturated heterocycles. The third-order valence-corrected chi connectivity index (χ3v) is 2.74. The van der Waals surface area contributed by atoms with E-state index in [1.54, 1.807) is 0 Å². The number of ether oxygens (including phenoxy) is 1. The van der Waals surface area contributed by atoms with Crippen LogP contribution in [0.15, 0.2) is 36.7 Å². The molecule has 1 aromatic carbocycles. The van der Waals surface area contributed by atoms with Gasteiger partial charge in [0.15, 0.2) is 0 Å². The van der Waals surface area contributed by atoms with E-state index < -0.39 is 11.7 Å². The monoisotopic (exact) mass is 311 g/mol. The number of hydrogen-bond donors (Lipinski definition) is 1. The molecular formula is C14H12F3N3O2. The number of alkyl halides is 3. The molecule has 0 unspecified atom stereocenters. The Morgan fingerprint density at radius 1 is 1.18 bits per heavy atom. The van der Waals surface area contributed by atoms with E-state index in [1.165, 1.54) is 31.6 Å². The van der Waals surface area contributed by atoms with Gasteiger partial charge in [0.1, 0.15) is 0 Å². The Morgan fingerprint density at radius 2 is 1.77 bits per heavy atom. The number of methoxy groups -OCH3 is 1. The van der Waals surface area contributed by atoms with Crippen LogP contribution in [0.2, 0.25) is 0 Å². The van der Waals surface area contributed by atoms with Crippen LogP contribution in [-0.4, -0.2) is 23.0 Å². The summed E-state index contributed by atoms with van der Waals surface area (Å²) in [5.74, 6) is -0.381. The van der Waals surface area contributed by atoms with Gasteiger partial charge in [0.2, 0.25) is 5.91 Å². The molecule has 1 N–H and O–H groups in total. The second-order valence-electron chi connectivity index (χ2n) is 4.38. The number of benzene rings is 1. The van der Waals surface area contributed by atoms with Crippen LogP contribution in [0.5, 0.6) is 6.01 Å². The number of carbonyl (C=O) groups excluding carboxylic acids is 1. The summed E-state index contributed by atoms with van der Waals surface area (Å²) < 4.78 is 42.1. The van der Waals surface area contributed by atoms with E-state index in [0.717, 1.165) is 12.1 Å². The first kappa shape index (κ1) is 15.7. The lowest BCUT2D eigenvalue weighted by Crippen LogP contribution is -2.15. The maximum Gasteiger partial charge on any atom is 0.416 e. The summed E-state index contributed by atoms with van der Waals surface area (Å²) >= 11 is 0. The number of aromatic nitrogens is 2. The maximum atomic E-state index is 12.4. The summed E-state index contributed by atoms with van der Waals surface area (Å²) in [6.07, 6.45) is -1.70. The summed E-state index contributed by atoms with van der Waals surface area (Å²) in [6.45, 7) is 0. The first-order chi connectivity index (χ1) is 10.4. The number of hydrogen-bond acceptors (Lipinski definition) is 4. The number of amides is 1. The zero-order chi connectivity index (χ0) is 16.2. The molecule has 2 aromatic rings. The van der Waals surface area contributed by atoms with Gasteiger partial charge < -0.3 is 10.1 Å². The molecule has 0 radical (unpaired) electrons. The van der Waals surface area contributed by atoms with Gasteiger partial charge in [0.25, 0.3) is 0 Å². The molecular weight excluding hydrogens is 299 g/mol. The van der Waals surface area contributed by atoms with Gasteiger partial charge in [-0.15, -0.1) is 0 Å². The predicted molar refractivity (Wildman–Crippen MR) is 72.4 cm³/mol. The third-order valence-electron chi connectivity index (χ3n) is 2.74. The molecule has 8 heteroatoms. The maximum absolute atomic E-state index is 12.4. The lowest BCUT2D eigenvalue weighted by molar-refractivity contribution is -0.137. The molecule has 1 amide bonds. The van der Waals surface area contributed by atoms with Crippen LogP contribution in [-0.2, 0) is 17.4 Å². The molecule has 0 saturated carbocycles. The minimum absolute atomic E-state index is 0.0514. The fourth-order valence-corrected chi connectivity index (χ4v) is 1.69. The number of carbonyl (C=O) groups is 1. The molecule has 0 atom stereocenters. The minimum Gasteiger partial charge on any atom is -0.467 e. The van der Waals surface area contributed by atoms with E-state index in [-0.39, 0.29) is 18.3 Å². The molecule has 1 aromatic heterocycles. The number of nitrogens with one attached hydrogen (secondary N) is 1. The van der Waals surface area contributed by atoms with Crippen LogP contribution < -0.4 is 10.1 Å². The van der Waals surface area contributed by atoms with Gasteiger partial charge >= 0.3 is 12.2 Å². The predicted octanol–water partition coefficient (Wildman–Crippen LogP) is 2.69. The second kappa shape index (κ2) is 6.42. The van der Waals surface area contributed by atoms with Crippen molar-refractivity contribution >= 4 is 11.6 Å². The van der Waals surface area contributed by atoms with Crippen LogP contribution in [0.4, 0.5) is 18.9 Å². The Morgan fingerprint density at radius 3 is 2.27 bits per heavy atom. The number of anilines is 1. The molecule has 2 rings (SSSR count). The highest BCUT2D eigenvalue weighted by Crippen LogP contribution is 2.29. The summed E-state index contributed by atoms with van der Waals surface area (Å²) in [6, 6.07) is 4.60. The quantitative estimate of drug-likeness (QED) is 0.943. The summed E-state index contributed by atoms with van der Waals surface area (Å²) in [4.78, 5) is 19.4. The number of rotatable bonds is 4. The van der Waals surface area contributed by atoms with Crippen molar-refractivity contribution in [1.82, 2.24) is 9.97 Å². The SMILES string of the molecule is COc1ncc(NC(=O)Cc2ccc(C(F)(F)F)cc2)cn1. The van der Waals surface area contributed by atoms with E-state index in [4.69, 9.17) is 4.74 Å². The summed E-state index contributed by atoms with van der Waals surface area (Å²) in [5, 5.41) is 2.54. The van der Waals surface area contributed by atoms with Gasteiger partial charge in [-0.3, -0.25) is 4.79 Å². The van der Waals surface area contributed by atoms with Gasteiger partial charge in [-0.25, -0.2) is 9.97 Å². The second-order valence-corrected chi connectivity index (χ2v) is 4.38. The van der Waals surface area contributed by atoms with Crippen LogP contribution in [0.1, 0.15) is 11.1 Å². The van der Waals surface area contributed by atoms with E-state index in [0.29, 0.717) is 11.3 Å². The highest BCUT2D eigenvalue weighted by molar-refractivity contribution is 5.91. The molecule has 116 valence electrons. The average molecular weight is 311 g/mol. The van der Waals surface area contributed by atoms with Gasteiger partial charge in [-0.05, 0) is 17.7 Å². The molecule has 5 nitrogen and oxygen atoms in total. The first-order valence-corrected chi connectivity index (χ1v) is 6.20. The molecule has 22 heavy (non-hydrogen) atoms. The summed E-state index contributed by atoms with van der Waals surface area (Å²) in [5.41, 5.74) is 0.0952. The van der Waals surface area contributed by atoms with E-state index >= 15 is 0 Å². The molecule has 0 aliphatic carbocycles. The normalized spacial score (nSPS) is 11.1. The van der Waals surface area contributed by atoms with Crippen LogP contribution >= 0.6 is 0 Å². The molecule has 1 heterocycles. The Labute approximate surface area is 124 Å². The van der Waals surface area contributed by atoms with Crippen LogP contribution in [0.3, 0.4) is 0 Å². The highest BCUT2D eigenvalue weighted by atomic mass is 19.4. The lowest BCUT2D eigenvalue weighted by Gasteiger charge is -2.08. The van der Waals surface area contributed by atoms with Crippen LogP contribution in [0.25, 0.3) is 0 Å². The number of nitrogens with zero attached hydrogens (tertiary/aromatic N) is 2. The van der Waals surface area contributed by atoms with E-state index in [2.05, 4.69) is 15.3 Å². The van der Waals surface area contributed by atoms with Gasteiger partial charge in [0.05, 0.1) is 37.2 Å². The van der Waals surface area contributed by atoms with E-state index in [1.807, 2.05) is 0 Å². The van der Waals surface area contributed by atoms with Gasteiger partial charge in [-0.2, -0.15) is 13.2 Å². The molecule has 0 bridgehead atoms. The Balaban J connectivity index is 1.96. The van der Waals surface area contributed by atoms with Crippen molar-refractivity contribution in [2.75, 3.05) is 12.4 Å². The van der Waals surface area contributed by atoms with Crippen molar-refractivity contribution in [1.29, 1.82) is 0 Å². The topological polar surface area (TPSA) is 64.1 Å². The smallest absolute Gasteiger partial charge is 0.416 e. The zero-order valence-electron chi connectivity index (χ0n) is 11.5. The molecule has 0 fully saturated rings. The van der Waals surface area contributed by atoms with Gasteiger partial charge in [-0.1, -0.05) is 12.1 Å². The van der Waals surface area contributed by atoms with Crippen molar-refractivity contribution in [3.05, 3.63) is 47.8 Å². The van der Waals surface area contributed by atoms with Crippen molar-refractivity contribution in [3.63, 3.8) is 0 Å². The Hall–Kier alpha value is -2.64. The fraction of sp³-hybridized carbons (Fsp3) is 0.214. The first-order valence-electron chi connectivity index (χ1n) is 6.20. The van der Waals surface area contributed by atoms with Crippen LogP contribution in [0, 0.1) is 0 Å². The number of halogens is 3. The zero-order valence-corrected chi connectivity index (χ0v) is 11.5. The fourth-order valence-electron chi connectivity index (χ4n) is 1.69. The third kappa shape index (κ3) is 4.18. The largest absolute Gasteiger partial charge is 0.467 e. The average Bonchev–Trinajstić information content (AvgIpc) is 2.47. The standard InChI is InChI=1S/C14H12F3N3O2/c1-22-13-18-7-11(8-19-13)20-12(21)6-9-2-4-10(5-3-9)14(15,16)17/h2-5,7-8H,6H2,1H3,(H,20,21). The molecule has 0 aliphatic rings. The molecule has 0 spiro atoms. The van der Waals surface area contributed by atoms with Crippen molar-refractivity contribution in [2.24, 2.45) is 0 Å². The Bertz CT molecular complexity index is 640.